The maximum Gasteiger partial charge on any atom is 0.308 e. The Kier molecular flexibility index (Phi) is 6.67. The fourth-order valence-corrected chi connectivity index (χ4v) is 2.69. The molecule has 0 amide bonds. The van der Waals surface area contributed by atoms with E-state index < -0.39 is 0 Å². The number of esters is 1. The molecule has 0 aliphatic heterocycles. The number of rotatable bonds is 6. The van der Waals surface area contributed by atoms with E-state index in [1.807, 2.05) is 13.8 Å². The Hall–Kier alpha value is -1.51. The van der Waals surface area contributed by atoms with Gasteiger partial charge in [0.15, 0.2) is 0 Å². The second kappa shape index (κ2) is 7.85. The second-order valence-electron chi connectivity index (χ2n) is 7.52. The van der Waals surface area contributed by atoms with Crippen LogP contribution in [0.3, 0.4) is 0 Å². The van der Waals surface area contributed by atoms with Gasteiger partial charge in [0.05, 0.1) is 19.6 Å². The van der Waals surface area contributed by atoms with Crippen LogP contribution < -0.4 is 4.74 Å². The van der Waals surface area contributed by atoms with Crippen molar-refractivity contribution in [3.8, 4) is 5.75 Å². The summed E-state index contributed by atoms with van der Waals surface area (Å²) in [5, 5.41) is 0. The Balaban J connectivity index is 3.33. The zero-order valence-corrected chi connectivity index (χ0v) is 15.9. The normalized spacial score (nSPS) is 13.1. The molecule has 1 aromatic carbocycles. The zero-order valence-electron chi connectivity index (χ0n) is 15.9. The van der Waals surface area contributed by atoms with Crippen LogP contribution in [0.25, 0.3) is 0 Å². The molecule has 3 heteroatoms. The van der Waals surface area contributed by atoms with Gasteiger partial charge in [0.25, 0.3) is 0 Å². The van der Waals surface area contributed by atoms with Gasteiger partial charge in [0, 0.05) is 5.56 Å². The van der Waals surface area contributed by atoms with E-state index in [1.165, 1.54) is 11.1 Å². The molecule has 0 spiro atoms. The molecule has 1 aromatic rings. The molecule has 0 N–H and O–H groups in total. The zero-order chi connectivity index (χ0) is 17.8. The lowest BCUT2D eigenvalue weighted by Crippen LogP contribution is -2.19. The van der Waals surface area contributed by atoms with Gasteiger partial charge in [0.1, 0.15) is 5.75 Å². The lowest BCUT2D eigenvalue weighted by Gasteiger charge is -2.26. The van der Waals surface area contributed by atoms with Crippen LogP contribution in [-0.2, 0) is 21.4 Å². The Morgan fingerprint density at radius 3 is 2.22 bits per heavy atom. The smallest absolute Gasteiger partial charge is 0.308 e. The standard InChI is InChI=1S/C20H32O3/c1-9-23-19(21)14(4)10-16-11-15(13(2)3)12-17(18(16)22-8)20(5,6)7/h11-14H,9-10H2,1-8H3. The van der Waals surface area contributed by atoms with Crippen LogP contribution in [0.15, 0.2) is 12.1 Å². The van der Waals surface area contributed by atoms with Crippen LogP contribution in [0.5, 0.6) is 5.75 Å². The highest BCUT2D eigenvalue weighted by atomic mass is 16.5. The van der Waals surface area contributed by atoms with Crippen molar-refractivity contribution in [1.29, 1.82) is 0 Å². The van der Waals surface area contributed by atoms with Gasteiger partial charge >= 0.3 is 5.97 Å². The molecule has 0 aliphatic rings. The van der Waals surface area contributed by atoms with Gasteiger partial charge in [-0.3, -0.25) is 4.79 Å². The molecular formula is C20H32O3. The molecular weight excluding hydrogens is 288 g/mol. The predicted molar refractivity (Wildman–Crippen MR) is 95.3 cm³/mol. The summed E-state index contributed by atoms with van der Waals surface area (Å²) < 4.78 is 10.9. The van der Waals surface area contributed by atoms with E-state index in [2.05, 4.69) is 46.8 Å². The average molecular weight is 320 g/mol. The number of carbonyl (C=O) groups excluding carboxylic acids is 1. The molecule has 0 radical (unpaired) electrons. The molecule has 0 bridgehead atoms. The van der Waals surface area contributed by atoms with Crippen molar-refractivity contribution in [3.63, 3.8) is 0 Å². The number of carbonyl (C=O) groups is 1. The van der Waals surface area contributed by atoms with E-state index in [0.29, 0.717) is 18.9 Å². The van der Waals surface area contributed by atoms with Gasteiger partial charge in [0.2, 0.25) is 0 Å². The predicted octanol–water partition coefficient (Wildman–Crippen LogP) is 4.86. The minimum atomic E-state index is -0.181. The Morgan fingerprint density at radius 2 is 1.78 bits per heavy atom. The fraction of sp³-hybridized carbons (Fsp3) is 0.650. The Morgan fingerprint density at radius 1 is 1.17 bits per heavy atom. The molecule has 130 valence electrons. The summed E-state index contributed by atoms with van der Waals surface area (Å²) in [4.78, 5) is 12.0. The molecule has 1 atom stereocenters. The van der Waals surface area contributed by atoms with Gasteiger partial charge in [-0.15, -0.1) is 0 Å². The van der Waals surface area contributed by atoms with Crippen molar-refractivity contribution >= 4 is 5.97 Å². The third-order valence-electron chi connectivity index (χ3n) is 4.08. The average Bonchev–Trinajstić information content (AvgIpc) is 2.45. The largest absolute Gasteiger partial charge is 0.496 e. The van der Waals surface area contributed by atoms with Crippen LogP contribution in [0.2, 0.25) is 0 Å². The van der Waals surface area contributed by atoms with Gasteiger partial charge in [-0.05, 0) is 35.8 Å². The number of benzene rings is 1. The Bertz CT molecular complexity index is 539. The quantitative estimate of drug-likeness (QED) is 0.702. The topological polar surface area (TPSA) is 35.5 Å². The van der Waals surface area contributed by atoms with Crippen molar-refractivity contribution in [2.24, 2.45) is 5.92 Å². The molecule has 1 unspecified atom stereocenters. The number of methoxy groups -OCH3 is 1. The number of hydrogen-bond donors (Lipinski definition) is 0. The summed E-state index contributed by atoms with van der Waals surface area (Å²) in [7, 11) is 1.71. The van der Waals surface area contributed by atoms with Crippen molar-refractivity contribution in [1.82, 2.24) is 0 Å². The molecule has 23 heavy (non-hydrogen) atoms. The van der Waals surface area contributed by atoms with Crippen LogP contribution >= 0.6 is 0 Å². The van der Waals surface area contributed by atoms with Crippen LogP contribution in [-0.4, -0.2) is 19.7 Å². The first kappa shape index (κ1) is 19.5. The number of ether oxygens (including phenoxy) is 2. The molecule has 0 saturated carbocycles. The third-order valence-corrected chi connectivity index (χ3v) is 4.08. The van der Waals surface area contributed by atoms with E-state index in [1.54, 1.807) is 7.11 Å². The van der Waals surface area contributed by atoms with E-state index in [-0.39, 0.29) is 17.3 Å². The van der Waals surface area contributed by atoms with Crippen molar-refractivity contribution in [2.45, 2.75) is 66.2 Å². The van der Waals surface area contributed by atoms with E-state index in [4.69, 9.17) is 9.47 Å². The van der Waals surface area contributed by atoms with E-state index in [0.717, 1.165) is 11.3 Å². The molecule has 0 aromatic heterocycles. The summed E-state index contributed by atoms with van der Waals surface area (Å²) >= 11 is 0. The van der Waals surface area contributed by atoms with E-state index >= 15 is 0 Å². The van der Waals surface area contributed by atoms with Crippen LogP contribution in [0.4, 0.5) is 0 Å². The summed E-state index contributed by atoms with van der Waals surface area (Å²) in [5.41, 5.74) is 3.54. The molecule has 0 fully saturated rings. The summed E-state index contributed by atoms with van der Waals surface area (Å²) in [6.45, 7) is 15.1. The first-order valence-electron chi connectivity index (χ1n) is 8.49. The lowest BCUT2D eigenvalue weighted by atomic mass is 9.81. The van der Waals surface area contributed by atoms with Crippen molar-refractivity contribution < 1.29 is 14.3 Å². The lowest BCUT2D eigenvalue weighted by molar-refractivity contribution is -0.147. The van der Waals surface area contributed by atoms with Gasteiger partial charge < -0.3 is 9.47 Å². The first-order valence-corrected chi connectivity index (χ1v) is 8.49. The summed E-state index contributed by atoms with van der Waals surface area (Å²) in [6, 6.07) is 4.41. The highest BCUT2D eigenvalue weighted by Crippen LogP contribution is 2.38. The van der Waals surface area contributed by atoms with Gasteiger partial charge in [-0.2, -0.15) is 0 Å². The fourth-order valence-electron chi connectivity index (χ4n) is 2.69. The van der Waals surface area contributed by atoms with Crippen LogP contribution in [0, 0.1) is 5.92 Å². The number of hydrogen-bond acceptors (Lipinski definition) is 3. The molecule has 1 rings (SSSR count). The highest BCUT2D eigenvalue weighted by Gasteiger charge is 2.25. The maximum atomic E-state index is 12.0. The molecule has 0 heterocycles. The summed E-state index contributed by atoms with van der Waals surface area (Å²) in [6.07, 6.45) is 0.631. The minimum absolute atomic E-state index is 0.0157. The molecule has 0 saturated heterocycles. The van der Waals surface area contributed by atoms with Gasteiger partial charge in [-0.25, -0.2) is 0 Å². The monoisotopic (exact) mass is 320 g/mol. The third kappa shape index (κ3) is 4.98. The molecule has 3 nitrogen and oxygen atoms in total. The SMILES string of the molecule is CCOC(=O)C(C)Cc1cc(C(C)C)cc(C(C)(C)C)c1OC. The molecule has 0 aliphatic carbocycles. The van der Waals surface area contributed by atoms with E-state index in [9.17, 15) is 4.79 Å². The summed E-state index contributed by atoms with van der Waals surface area (Å²) in [5.74, 6) is 0.998. The second-order valence-corrected chi connectivity index (χ2v) is 7.52. The Labute approximate surface area is 141 Å². The maximum absolute atomic E-state index is 12.0. The highest BCUT2D eigenvalue weighted by molar-refractivity contribution is 5.72. The van der Waals surface area contributed by atoms with Crippen molar-refractivity contribution in [3.05, 3.63) is 28.8 Å². The first-order chi connectivity index (χ1) is 10.6. The minimum Gasteiger partial charge on any atom is -0.496 e. The van der Waals surface area contributed by atoms with Crippen LogP contribution in [0.1, 0.15) is 71.1 Å². The van der Waals surface area contributed by atoms with Crippen molar-refractivity contribution in [2.75, 3.05) is 13.7 Å². The van der Waals surface area contributed by atoms with Gasteiger partial charge in [-0.1, -0.05) is 53.7 Å².